The van der Waals surface area contributed by atoms with E-state index in [1.165, 1.54) is 27.0 Å². The van der Waals surface area contributed by atoms with Crippen LogP contribution in [0.3, 0.4) is 0 Å². The van der Waals surface area contributed by atoms with Crippen molar-refractivity contribution in [2.45, 2.75) is 19.4 Å². The Hall–Kier alpha value is -2.34. The third-order valence-electron chi connectivity index (χ3n) is 3.50. The zero-order valence-electron chi connectivity index (χ0n) is 12.3. The second-order valence-corrected chi connectivity index (χ2v) is 5.75. The summed E-state index contributed by atoms with van der Waals surface area (Å²) in [7, 11) is 1.41. The maximum absolute atomic E-state index is 12.3. The molecule has 0 saturated heterocycles. The van der Waals surface area contributed by atoms with E-state index in [1.807, 2.05) is 0 Å². The quantitative estimate of drug-likeness (QED) is 0.935. The standard InChI is InChI=1S/C15H15ClN2O4/c1-15(2,14(20)21)18(3)13(19)11-8-12(22-17-11)9-5-4-6-10(16)7-9/h4-8H,1-3H3,(H,20,21). The average molecular weight is 323 g/mol. The molecule has 1 heterocycles. The molecule has 22 heavy (non-hydrogen) atoms. The molecule has 0 saturated carbocycles. The lowest BCUT2D eigenvalue weighted by Crippen LogP contribution is -2.50. The maximum atomic E-state index is 12.3. The zero-order valence-corrected chi connectivity index (χ0v) is 13.1. The molecule has 7 heteroatoms. The highest BCUT2D eigenvalue weighted by Gasteiger charge is 2.36. The summed E-state index contributed by atoms with van der Waals surface area (Å²) in [6.07, 6.45) is 0. The van der Waals surface area contributed by atoms with Crippen LogP contribution >= 0.6 is 11.6 Å². The molecule has 2 aromatic rings. The Balaban J connectivity index is 2.28. The van der Waals surface area contributed by atoms with E-state index in [4.69, 9.17) is 21.2 Å². The second-order valence-electron chi connectivity index (χ2n) is 5.32. The Bertz CT molecular complexity index is 724. The fourth-order valence-corrected chi connectivity index (χ4v) is 1.91. The van der Waals surface area contributed by atoms with Gasteiger partial charge >= 0.3 is 5.97 Å². The van der Waals surface area contributed by atoms with Crippen LogP contribution in [-0.2, 0) is 4.79 Å². The zero-order chi connectivity index (χ0) is 16.5. The first-order valence-corrected chi connectivity index (χ1v) is 6.85. The normalized spacial score (nSPS) is 11.3. The lowest BCUT2D eigenvalue weighted by atomic mass is 10.0. The third kappa shape index (κ3) is 2.96. The van der Waals surface area contributed by atoms with Crippen molar-refractivity contribution in [2.24, 2.45) is 0 Å². The van der Waals surface area contributed by atoms with E-state index < -0.39 is 17.4 Å². The summed E-state index contributed by atoms with van der Waals surface area (Å²) in [5.74, 6) is -1.27. The largest absolute Gasteiger partial charge is 0.480 e. The highest BCUT2D eigenvalue weighted by atomic mass is 35.5. The number of hydrogen-bond donors (Lipinski definition) is 1. The number of carboxylic acid groups (broad SMARTS) is 1. The van der Waals surface area contributed by atoms with Gasteiger partial charge in [0, 0.05) is 23.7 Å². The number of nitrogens with zero attached hydrogens (tertiary/aromatic N) is 2. The number of hydrogen-bond acceptors (Lipinski definition) is 4. The molecule has 1 aromatic carbocycles. The molecule has 0 bridgehead atoms. The van der Waals surface area contributed by atoms with Crippen molar-refractivity contribution in [2.75, 3.05) is 7.05 Å². The fraction of sp³-hybridized carbons (Fsp3) is 0.267. The van der Waals surface area contributed by atoms with Crippen LogP contribution < -0.4 is 0 Å². The molecule has 6 nitrogen and oxygen atoms in total. The van der Waals surface area contributed by atoms with Crippen molar-refractivity contribution in [1.29, 1.82) is 0 Å². The summed E-state index contributed by atoms with van der Waals surface area (Å²) in [4.78, 5) is 24.6. The van der Waals surface area contributed by atoms with E-state index in [2.05, 4.69) is 5.16 Å². The van der Waals surface area contributed by atoms with Crippen LogP contribution in [0.15, 0.2) is 34.9 Å². The van der Waals surface area contributed by atoms with Crippen molar-refractivity contribution in [3.8, 4) is 11.3 Å². The van der Waals surface area contributed by atoms with Gasteiger partial charge < -0.3 is 14.5 Å². The maximum Gasteiger partial charge on any atom is 0.329 e. The highest BCUT2D eigenvalue weighted by Crippen LogP contribution is 2.24. The van der Waals surface area contributed by atoms with Gasteiger partial charge in [0.15, 0.2) is 11.5 Å². The third-order valence-corrected chi connectivity index (χ3v) is 3.74. The molecule has 2 rings (SSSR count). The summed E-state index contributed by atoms with van der Waals surface area (Å²) < 4.78 is 5.15. The van der Waals surface area contributed by atoms with Gasteiger partial charge in [0.25, 0.3) is 5.91 Å². The summed E-state index contributed by atoms with van der Waals surface area (Å²) in [5, 5.41) is 13.4. The number of rotatable bonds is 4. The van der Waals surface area contributed by atoms with Gasteiger partial charge in [-0.2, -0.15) is 0 Å². The van der Waals surface area contributed by atoms with Gasteiger partial charge in [-0.1, -0.05) is 28.9 Å². The van der Waals surface area contributed by atoms with Crippen LogP contribution in [0.5, 0.6) is 0 Å². The number of carbonyl (C=O) groups is 2. The molecule has 1 amide bonds. The van der Waals surface area contributed by atoms with Crippen LogP contribution in [0.2, 0.25) is 5.02 Å². The van der Waals surface area contributed by atoms with Gasteiger partial charge in [0.2, 0.25) is 0 Å². The van der Waals surface area contributed by atoms with Crippen molar-refractivity contribution in [3.05, 3.63) is 41.0 Å². The Morgan fingerprint density at radius 1 is 1.32 bits per heavy atom. The number of likely N-dealkylation sites (N-methyl/N-ethyl adjacent to an activating group) is 1. The van der Waals surface area contributed by atoms with Gasteiger partial charge in [0.1, 0.15) is 5.54 Å². The van der Waals surface area contributed by atoms with E-state index in [9.17, 15) is 9.59 Å². The highest BCUT2D eigenvalue weighted by molar-refractivity contribution is 6.30. The Morgan fingerprint density at radius 2 is 2.00 bits per heavy atom. The van der Waals surface area contributed by atoms with Crippen molar-refractivity contribution in [3.63, 3.8) is 0 Å². The molecule has 0 aliphatic carbocycles. The number of amides is 1. The summed E-state index contributed by atoms with van der Waals surface area (Å²) in [6.45, 7) is 2.87. The molecular weight excluding hydrogens is 308 g/mol. The minimum absolute atomic E-state index is 0.0341. The van der Waals surface area contributed by atoms with Gasteiger partial charge in [-0.3, -0.25) is 4.79 Å². The van der Waals surface area contributed by atoms with E-state index in [-0.39, 0.29) is 5.69 Å². The molecule has 0 fully saturated rings. The molecule has 0 radical (unpaired) electrons. The second kappa shape index (κ2) is 5.81. The smallest absolute Gasteiger partial charge is 0.329 e. The number of aliphatic carboxylic acids is 1. The molecule has 0 aliphatic heterocycles. The minimum Gasteiger partial charge on any atom is -0.480 e. The summed E-state index contributed by atoms with van der Waals surface area (Å²) in [6, 6.07) is 8.38. The van der Waals surface area contributed by atoms with E-state index in [0.29, 0.717) is 16.3 Å². The van der Waals surface area contributed by atoms with Gasteiger partial charge in [-0.25, -0.2) is 4.79 Å². The molecule has 0 spiro atoms. The fourth-order valence-electron chi connectivity index (χ4n) is 1.72. The Labute approximate surface area is 132 Å². The molecule has 1 aromatic heterocycles. The Morgan fingerprint density at radius 3 is 2.59 bits per heavy atom. The molecule has 116 valence electrons. The number of benzene rings is 1. The average Bonchev–Trinajstić information content (AvgIpc) is 2.95. The van der Waals surface area contributed by atoms with Crippen molar-refractivity contribution < 1.29 is 19.2 Å². The number of carboxylic acids is 1. The number of carbonyl (C=O) groups excluding carboxylic acids is 1. The molecule has 0 unspecified atom stereocenters. The summed E-state index contributed by atoms with van der Waals surface area (Å²) in [5.41, 5.74) is -0.641. The number of halogens is 1. The summed E-state index contributed by atoms with van der Waals surface area (Å²) >= 11 is 5.91. The minimum atomic E-state index is -1.35. The van der Waals surface area contributed by atoms with E-state index >= 15 is 0 Å². The van der Waals surface area contributed by atoms with E-state index in [0.717, 1.165) is 4.90 Å². The van der Waals surface area contributed by atoms with Crippen molar-refractivity contribution in [1.82, 2.24) is 10.1 Å². The van der Waals surface area contributed by atoms with Gasteiger partial charge in [0.05, 0.1) is 0 Å². The Kier molecular flexibility index (Phi) is 4.23. The van der Waals surface area contributed by atoms with Crippen LogP contribution in [-0.4, -0.2) is 39.6 Å². The first-order chi connectivity index (χ1) is 10.2. The van der Waals surface area contributed by atoms with Gasteiger partial charge in [-0.15, -0.1) is 0 Å². The van der Waals surface area contributed by atoms with Crippen LogP contribution in [0.25, 0.3) is 11.3 Å². The first kappa shape index (κ1) is 16.0. The first-order valence-electron chi connectivity index (χ1n) is 6.47. The van der Waals surface area contributed by atoms with Crippen molar-refractivity contribution >= 4 is 23.5 Å². The molecular formula is C15H15ClN2O4. The molecule has 0 aliphatic rings. The predicted molar refractivity (Wildman–Crippen MR) is 80.8 cm³/mol. The predicted octanol–water partition coefficient (Wildman–Crippen LogP) is 2.93. The van der Waals surface area contributed by atoms with Crippen LogP contribution in [0, 0.1) is 0 Å². The SMILES string of the molecule is CN(C(=O)c1cc(-c2cccc(Cl)c2)on1)C(C)(C)C(=O)O. The van der Waals surface area contributed by atoms with Gasteiger partial charge in [-0.05, 0) is 26.0 Å². The molecule has 1 N–H and O–H groups in total. The van der Waals surface area contributed by atoms with Crippen LogP contribution in [0.4, 0.5) is 0 Å². The van der Waals surface area contributed by atoms with Crippen LogP contribution in [0.1, 0.15) is 24.3 Å². The van der Waals surface area contributed by atoms with E-state index in [1.54, 1.807) is 24.3 Å². The monoisotopic (exact) mass is 322 g/mol. The molecule has 0 atom stereocenters. The topological polar surface area (TPSA) is 83.6 Å². The lowest BCUT2D eigenvalue weighted by molar-refractivity contribution is -0.147. The number of aromatic nitrogens is 1. The lowest BCUT2D eigenvalue weighted by Gasteiger charge is -2.30.